The Labute approximate surface area is 178 Å². The molecule has 1 saturated heterocycles. The van der Waals surface area contributed by atoms with Gasteiger partial charge >= 0.3 is 0 Å². The molecule has 0 aliphatic carbocycles. The lowest BCUT2D eigenvalue weighted by Gasteiger charge is -2.34. The SMILES string of the molecule is C[C@@H](C(=O)Nc1sccc1C#N)N1CCC(C(=O)Nc2ccc3c(c2)OCO3)CC1. The van der Waals surface area contributed by atoms with Crippen LogP contribution in [0, 0.1) is 17.2 Å². The van der Waals surface area contributed by atoms with Gasteiger partial charge in [-0.05, 0) is 56.4 Å². The van der Waals surface area contributed by atoms with Gasteiger partial charge in [-0.2, -0.15) is 5.26 Å². The molecule has 2 amide bonds. The van der Waals surface area contributed by atoms with Crippen LogP contribution >= 0.6 is 11.3 Å². The highest BCUT2D eigenvalue weighted by molar-refractivity contribution is 7.14. The number of nitriles is 1. The van der Waals surface area contributed by atoms with Crippen molar-refractivity contribution in [1.29, 1.82) is 5.26 Å². The molecular weight excluding hydrogens is 404 g/mol. The van der Waals surface area contributed by atoms with Crippen LogP contribution in [0.1, 0.15) is 25.3 Å². The minimum absolute atomic E-state index is 0.0251. The summed E-state index contributed by atoms with van der Waals surface area (Å²) in [5, 5.41) is 17.2. The highest BCUT2D eigenvalue weighted by atomic mass is 32.1. The van der Waals surface area contributed by atoms with Crippen molar-refractivity contribution in [2.75, 3.05) is 30.5 Å². The van der Waals surface area contributed by atoms with Crippen LogP contribution in [0.4, 0.5) is 10.7 Å². The first-order chi connectivity index (χ1) is 14.5. The number of benzene rings is 1. The fourth-order valence-corrected chi connectivity index (χ4v) is 4.38. The van der Waals surface area contributed by atoms with Gasteiger partial charge in [-0.3, -0.25) is 14.5 Å². The Morgan fingerprint density at radius 2 is 1.97 bits per heavy atom. The van der Waals surface area contributed by atoms with E-state index >= 15 is 0 Å². The van der Waals surface area contributed by atoms with E-state index in [9.17, 15) is 9.59 Å². The molecule has 0 spiro atoms. The van der Waals surface area contributed by atoms with Crippen molar-refractivity contribution in [1.82, 2.24) is 4.90 Å². The number of nitrogens with zero attached hydrogens (tertiary/aromatic N) is 2. The summed E-state index contributed by atoms with van der Waals surface area (Å²) in [6.07, 6.45) is 1.35. The number of likely N-dealkylation sites (tertiary alicyclic amines) is 1. The van der Waals surface area contributed by atoms with E-state index in [0.717, 1.165) is 0 Å². The fourth-order valence-electron chi connectivity index (χ4n) is 3.64. The van der Waals surface area contributed by atoms with Gasteiger partial charge in [0.15, 0.2) is 11.5 Å². The molecule has 1 aromatic heterocycles. The van der Waals surface area contributed by atoms with Crippen molar-refractivity contribution in [2.24, 2.45) is 5.92 Å². The number of thiophene rings is 1. The summed E-state index contributed by atoms with van der Waals surface area (Å²) in [7, 11) is 0. The molecule has 9 heteroatoms. The number of ether oxygens (including phenoxy) is 2. The van der Waals surface area contributed by atoms with Crippen molar-refractivity contribution in [2.45, 2.75) is 25.8 Å². The second-order valence-electron chi connectivity index (χ2n) is 7.31. The van der Waals surface area contributed by atoms with Crippen LogP contribution in [-0.4, -0.2) is 42.6 Å². The maximum Gasteiger partial charge on any atom is 0.242 e. The molecule has 1 aromatic carbocycles. The summed E-state index contributed by atoms with van der Waals surface area (Å²) in [6.45, 7) is 3.36. The van der Waals surface area contributed by atoms with E-state index < -0.39 is 0 Å². The molecule has 2 aromatic rings. The lowest BCUT2D eigenvalue weighted by molar-refractivity contribution is -0.123. The van der Waals surface area contributed by atoms with Gasteiger partial charge in [0.2, 0.25) is 18.6 Å². The van der Waals surface area contributed by atoms with Crippen LogP contribution in [0.2, 0.25) is 0 Å². The predicted octanol–water partition coefficient (Wildman–Crippen LogP) is 3.03. The summed E-state index contributed by atoms with van der Waals surface area (Å²) >= 11 is 1.34. The van der Waals surface area contributed by atoms with Gasteiger partial charge in [0, 0.05) is 17.7 Å². The van der Waals surface area contributed by atoms with Crippen LogP contribution in [0.25, 0.3) is 0 Å². The van der Waals surface area contributed by atoms with Gasteiger partial charge < -0.3 is 20.1 Å². The van der Waals surface area contributed by atoms with E-state index in [2.05, 4.69) is 21.6 Å². The Kier molecular flexibility index (Phi) is 5.88. The smallest absolute Gasteiger partial charge is 0.242 e. The standard InChI is InChI=1S/C21H22N4O4S/c1-13(19(26)24-21-15(11-22)6-9-30-21)25-7-4-14(5-8-25)20(27)23-16-2-3-17-18(10-16)29-12-28-17/h2-3,6,9-10,13-14H,4-5,7-8,12H2,1H3,(H,23,27)(H,24,26)/t13-/m0/s1. The number of fused-ring (bicyclic) bond motifs is 1. The fraction of sp³-hybridized carbons (Fsp3) is 0.381. The maximum atomic E-state index is 12.7. The Morgan fingerprint density at radius 1 is 1.20 bits per heavy atom. The quantitative estimate of drug-likeness (QED) is 0.762. The minimum Gasteiger partial charge on any atom is -0.454 e. The molecular formula is C21H22N4O4S. The third kappa shape index (κ3) is 4.25. The van der Waals surface area contributed by atoms with E-state index in [4.69, 9.17) is 14.7 Å². The number of rotatable bonds is 5. The first-order valence-corrected chi connectivity index (χ1v) is 10.7. The predicted molar refractivity (Wildman–Crippen MR) is 113 cm³/mol. The Hall–Kier alpha value is -3.09. The van der Waals surface area contributed by atoms with Crippen molar-refractivity contribution in [3.8, 4) is 17.6 Å². The largest absolute Gasteiger partial charge is 0.454 e. The Balaban J connectivity index is 1.28. The van der Waals surface area contributed by atoms with Crippen LogP contribution < -0.4 is 20.1 Å². The maximum absolute atomic E-state index is 12.7. The number of amides is 2. The molecule has 1 fully saturated rings. The lowest BCUT2D eigenvalue weighted by Crippen LogP contribution is -2.47. The van der Waals surface area contributed by atoms with Gasteiger partial charge in [-0.25, -0.2) is 0 Å². The third-order valence-corrected chi connectivity index (χ3v) is 6.32. The zero-order valence-corrected chi connectivity index (χ0v) is 17.3. The van der Waals surface area contributed by atoms with Gasteiger partial charge in [0.1, 0.15) is 11.1 Å². The Bertz CT molecular complexity index is 991. The van der Waals surface area contributed by atoms with Gasteiger partial charge in [-0.1, -0.05) is 0 Å². The first-order valence-electron chi connectivity index (χ1n) is 9.78. The van der Waals surface area contributed by atoms with E-state index in [1.807, 2.05) is 6.92 Å². The van der Waals surface area contributed by atoms with E-state index in [0.29, 0.717) is 53.7 Å². The molecule has 2 N–H and O–H groups in total. The highest BCUT2D eigenvalue weighted by Gasteiger charge is 2.30. The average molecular weight is 426 g/mol. The lowest BCUT2D eigenvalue weighted by atomic mass is 9.94. The average Bonchev–Trinajstić information content (AvgIpc) is 3.41. The van der Waals surface area contributed by atoms with Crippen molar-refractivity contribution >= 4 is 33.8 Å². The molecule has 0 radical (unpaired) electrons. The molecule has 4 rings (SSSR count). The molecule has 0 saturated carbocycles. The minimum atomic E-state index is -0.337. The summed E-state index contributed by atoms with van der Waals surface area (Å²) in [6, 6.07) is 8.78. The first kappa shape index (κ1) is 20.2. The number of hydrogen-bond donors (Lipinski definition) is 2. The second kappa shape index (κ2) is 8.73. The number of piperidine rings is 1. The van der Waals surface area contributed by atoms with Crippen LogP contribution in [0.3, 0.4) is 0 Å². The van der Waals surface area contributed by atoms with Crippen molar-refractivity contribution in [3.63, 3.8) is 0 Å². The molecule has 0 bridgehead atoms. The molecule has 1 atom stereocenters. The van der Waals surface area contributed by atoms with Gasteiger partial charge in [0.05, 0.1) is 11.6 Å². The van der Waals surface area contributed by atoms with E-state index in [1.54, 1.807) is 29.6 Å². The molecule has 156 valence electrons. The van der Waals surface area contributed by atoms with E-state index in [-0.39, 0.29) is 30.6 Å². The molecule has 3 heterocycles. The normalized spacial score (nSPS) is 17.2. The van der Waals surface area contributed by atoms with Crippen LogP contribution in [0.15, 0.2) is 29.6 Å². The van der Waals surface area contributed by atoms with E-state index in [1.165, 1.54) is 11.3 Å². The number of carbonyl (C=O) groups is 2. The summed E-state index contributed by atoms with van der Waals surface area (Å²) in [5.41, 5.74) is 1.16. The molecule has 2 aliphatic heterocycles. The molecule has 2 aliphatic rings. The molecule has 30 heavy (non-hydrogen) atoms. The monoisotopic (exact) mass is 426 g/mol. The third-order valence-electron chi connectivity index (χ3n) is 5.49. The van der Waals surface area contributed by atoms with Crippen molar-refractivity contribution in [3.05, 3.63) is 35.2 Å². The number of carbonyl (C=O) groups excluding carboxylic acids is 2. The summed E-state index contributed by atoms with van der Waals surface area (Å²) in [4.78, 5) is 27.3. The number of anilines is 2. The van der Waals surface area contributed by atoms with Crippen LogP contribution in [-0.2, 0) is 9.59 Å². The zero-order chi connectivity index (χ0) is 21.1. The highest BCUT2D eigenvalue weighted by Crippen LogP contribution is 2.34. The number of hydrogen-bond acceptors (Lipinski definition) is 7. The summed E-state index contributed by atoms with van der Waals surface area (Å²) in [5.74, 6) is 1.04. The second-order valence-corrected chi connectivity index (χ2v) is 8.22. The topological polar surface area (TPSA) is 104 Å². The zero-order valence-electron chi connectivity index (χ0n) is 16.5. The van der Waals surface area contributed by atoms with Crippen molar-refractivity contribution < 1.29 is 19.1 Å². The molecule has 0 unspecified atom stereocenters. The van der Waals surface area contributed by atoms with Gasteiger partial charge in [0.25, 0.3) is 0 Å². The summed E-state index contributed by atoms with van der Waals surface area (Å²) < 4.78 is 10.6. The van der Waals surface area contributed by atoms with Gasteiger partial charge in [-0.15, -0.1) is 11.3 Å². The molecule has 8 nitrogen and oxygen atoms in total. The number of nitrogens with one attached hydrogen (secondary N) is 2. The Morgan fingerprint density at radius 3 is 2.73 bits per heavy atom. The van der Waals surface area contributed by atoms with Crippen LogP contribution in [0.5, 0.6) is 11.5 Å².